The Bertz CT molecular complexity index is 499. The summed E-state index contributed by atoms with van der Waals surface area (Å²) >= 11 is 0. The molecule has 1 aliphatic heterocycles. The van der Waals surface area contributed by atoms with E-state index in [2.05, 4.69) is 4.72 Å². The fourth-order valence-corrected chi connectivity index (χ4v) is 3.91. The minimum absolute atomic E-state index is 0.179. The van der Waals surface area contributed by atoms with Gasteiger partial charge in [0.1, 0.15) is 6.04 Å². The van der Waals surface area contributed by atoms with E-state index in [1.807, 2.05) is 6.92 Å². The normalized spacial score (nSPS) is 18.5. The zero-order valence-corrected chi connectivity index (χ0v) is 14.5. The van der Waals surface area contributed by atoms with Gasteiger partial charge in [0.15, 0.2) is 0 Å². The summed E-state index contributed by atoms with van der Waals surface area (Å²) in [6.45, 7) is 4.30. The summed E-state index contributed by atoms with van der Waals surface area (Å²) in [5.74, 6) is -1.77. The highest BCUT2D eigenvalue weighted by Crippen LogP contribution is 2.20. The molecule has 1 unspecified atom stereocenters. The van der Waals surface area contributed by atoms with Gasteiger partial charge in [0.05, 0.1) is 12.5 Å². The van der Waals surface area contributed by atoms with Crippen molar-refractivity contribution in [1.82, 2.24) is 9.03 Å². The first-order valence-electron chi connectivity index (χ1n) is 7.98. The SMILES string of the molecule is CCCCC(NS(=O)(=O)N1CCC(C(=O)OCC)CC1)C(=O)O. The molecule has 0 radical (unpaired) electrons. The maximum absolute atomic E-state index is 12.3. The molecule has 8 nitrogen and oxygen atoms in total. The number of carboxylic acid groups (broad SMARTS) is 1. The van der Waals surface area contributed by atoms with Gasteiger partial charge in [-0.05, 0) is 26.2 Å². The Labute approximate surface area is 137 Å². The monoisotopic (exact) mass is 350 g/mol. The summed E-state index contributed by atoms with van der Waals surface area (Å²) in [5.41, 5.74) is 0. The lowest BCUT2D eigenvalue weighted by molar-refractivity contribution is -0.149. The molecule has 134 valence electrons. The lowest BCUT2D eigenvalue weighted by Crippen LogP contribution is -2.51. The average Bonchev–Trinajstić information content (AvgIpc) is 2.51. The highest BCUT2D eigenvalue weighted by Gasteiger charge is 2.34. The third-order valence-electron chi connectivity index (χ3n) is 3.85. The molecule has 0 aromatic heterocycles. The molecule has 0 aromatic carbocycles. The van der Waals surface area contributed by atoms with Crippen LogP contribution in [0.1, 0.15) is 46.0 Å². The molecule has 0 aliphatic carbocycles. The molecule has 1 aliphatic rings. The summed E-state index contributed by atoms with van der Waals surface area (Å²) in [4.78, 5) is 22.8. The summed E-state index contributed by atoms with van der Waals surface area (Å²) in [6, 6.07) is -1.12. The number of aliphatic carboxylic acids is 1. The number of carbonyl (C=O) groups excluding carboxylic acids is 1. The molecule has 0 aromatic rings. The molecule has 2 N–H and O–H groups in total. The van der Waals surface area contributed by atoms with Crippen molar-refractivity contribution < 1.29 is 27.9 Å². The topological polar surface area (TPSA) is 113 Å². The number of unbranched alkanes of at least 4 members (excludes halogenated alkanes) is 1. The maximum atomic E-state index is 12.3. The zero-order chi connectivity index (χ0) is 17.5. The maximum Gasteiger partial charge on any atom is 0.321 e. The first-order chi connectivity index (χ1) is 10.8. The van der Waals surface area contributed by atoms with Crippen LogP contribution in [0.3, 0.4) is 0 Å². The number of rotatable bonds is 9. The standard InChI is InChI=1S/C14H26N2O6S/c1-3-5-6-12(13(17)18)15-23(20,21)16-9-7-11(8-10-16)14(19)22-4-2/h11-12,15H,3-10H2,1-2H3,(H,17,18). The number of nitrogens with zero attached hydrogens (tertiary/aromatic N) is 1. The van der Waals surface area contributed by atoms with Crippen LogP contribution in [0.15, 0.2) is 0 Å². The lowest BCUT2D eigenvalue weighted by atomic mass is 9.98. The van der Waals surface area contributed by atoms with Crippen molar-refractivity contribution in [2.45, 2.75) is 52.0 Å². The van der Waals surface area contributed by atoms with Crippen LogP contribution in [-0.4, -0.2) is 55.5 Å². The number of ether oxygens (including phenoxy) is 1. The Balaban J connectivity index is 2.60. The van der Waals surface area contributed by atoms with Crippen molar-refractivity contribution in [2.75, 3.05) is 19.7 Å². The smallest absolute Gasteiger partial charge is 0.321 e. The number of carbonyl (C=O) groups is 2. The van der Waals surface area contributed by atoms with E-state index in [0.29, 0.717) is 25.9 Å². The second-order valence-corrected chi connectivity index (χ2v) is 7.28. The van der Waals surface area contributed by atoms with Crippen LogP contribution in [0.25, 0.3) is 0 Å². The van der Waals surface area contributed by atoms with Crippen molar-refractivity contribution in [1.29, 1.82) is 0 Å². The van der Waals surface area contributed by atoms with Crippen molar-refractivity contribution in [2.24, 2.45) is 5.92 Å². The molecule has 1 rings (SSSR count). The molecular formula is C14H26N2O6S. The van der Waals surface area contributed by atoms with Gasteiger partial charge in [-0.2, -0.15) is 17.4 Å². The molecule has 1 atom stereocenters. The van der Waals surface area contributed by atoms with Gasteiger partial charge in [-0.25, -0.2) is 0 Å². The third kappa shape index (κ3) is 6.08. The Morgan fingerprint density at radius 3 is 2.39 bits per heavy atom. The quantitative estimate of drug-likeness (QED) is 0.593. The number of carboxylic acids is 1. The summed E-state index contributed by atoms with van der Waals surface area (Å²) in [5, 5.41) is 9.13. The Morgan fingerprint density at radius 2 is 1.91 bits per heavy atom. The van der Waals surface area contributed by atoms with E-state index in [0.717, 1.165) is 6.42 Å². The fraction of sp³-hybridized carbons (Fsp3) is 0.857. The molecule has 1 saturated heterocycles. The number of piperidine rings is 1. The Hall–Kier alpha value is -1.19. The van der Waals surface area contributed by atoms with Gasteiger partial charge in [0.25, 0.3) is 10.2 Å². The second-order valence-electron chi connectivity index (χ2n) is 5.58. The predicted octanol–water partition coefficient (Wildman–Crippen LogP) is 0.739. The molecule has 23 heavy (non-hydrogen) atoms. The van der Waals surface area contributed by atoms with Crippen LogP contribution in [0.2, 0.25) is 0 Å². The van der Waals surface area contributed by atoms with Gasteiger partial charge in [-0.1, -0.05) is 19.8 Å². The molecule has 9 heteroatoms. The van der Waals surface area contributed by atoms with E-state index in [1.54, 1.807) is 6.92 Å². The highest BCUT2D eigenvalue weighted by atomic mass is 32.2. The Kier molecular flexibility index (Phi) is 7.93. The van der Waals surface area contributed by atoms with Gasteiger partial charge in [-0.3, -0.25) is 9.59 Å². The van der Waals surface area contributed by atoms with Gasteiger partial charge in [0, 0.05) is 13.1 Å². The first-order valence-corrected chi connectivity index (χ1v) is 9.42. The van der Waals surface area contributed by atoms with E-state index in [1.165, 1.54) is 4.31 Å². The summed E-state index contributed by atoms with van der Waals surface area (Å²) in [7, 11) is -3.87. The van der Waals surface area contributed by atoms with Crippen molar-refractivity contribution in [3.8, 4) is 0 Å². The zero-order valence-electron chi connectivity index (χ0n) is 13.7. The minimum Gasteiger partial charge on any atom is -0.480 e. The van der Waals surface area contributed by atoms with Gasteiger partial charge >= 0.3 is 11.9 Å². The van der Waals surface area contributed by atoms with Crippen LogP contribution in [0, 0.1) is 5.92 Å². The first kappa shape index (κ1) is 19.9. The van der Waals surface area contributed by atoms with E-state index in [4.69, 9.17) is 9.84 Å². The van der Waals surface area contributed by atoms with E-state index < -0.39 is 22.2 Å². The van der Waals surface area contributed by atoms with Crippen molar-refractivity contribution in [3.63, 3.8) is 0 Å². The van der Waals surface area contributed by atoms with E-state index in [9.17, 15) is 18.0 Å². The lowest BCUT2D eigenvalue weighted by Gasteiger charge is -2.31. The number of hydrogen-bond donors (Lipinski definition) is 2. The summed E-state index contributed by atoms with van der Waals surface area (Å²) in [6.07, 6.45) is 2.43. The van der Waals surface area contributed by atoms with Gasteiger partial charge in [-0.15, -0.1) is 0 Å². The molecule has 0 amide bonds. The molecule has 1 fully saturated rings. The Morgan fingerprint density at radius 1 is 1.30 bits per heavy atom. The van der Waals surface area contributed by atoms with E-state index in [-0.39, 0.29) is 31.4 Å². The van der Waals surface area contributed by atoms with Crippen LogP contribution < -0.4 is 4.72 Å². The van der Waals surface area contributed by atoms with Crippen molar-refractivity contribution in [3.05, 3.63) is 0 Å². The minimum atomic E-state index is -3.87. The van der Waals surface area contributed by atoms with E-state index >= 15 is 0 Å². The van der Waals surface area contributed by atoms with Crippen LogP contribution >= 0.6 is 0 Å². The molecule has 0 bridgehead atoms. The second kappa shape index (κ2) is 9.19. The third-order valence-corrected chi connectivity index (χ3v) is 5.48. The number of hydrogen-bond acceptors (Lipinski definition) is 5. The van der Waals surface area contributed by atoms with Gasteiger partial charge in [0.2, 0.25) is 0 Å². The molecule has 0 spiro atoms. The fourth-order valence-electron chi connectivity index (χ4n) is 2.49. The van der Waals surface area contributed by atoms with Crippen LogP contribution in [0.5, 0.6) is 0 Å². The molecule has 0 saturated carbocycles. The highest BCUT2D eigenvalue weighted by molar-refractivity contribution is 7.87. The van der Waals surface area contributed by atoms with Crippen LogP contribution in [0.4, 0.5) is 0 Å². The largest absolute Gasteiger partial charge is 0.480 e. The predicted molar refractivity (Wildman–Crippen MR) is 83.9 cm³/mol. The molecule has 1 heterocycles. The van der Waals surface area contributed by atoms with Crippen LogP contribution in [-0.2, 0) is 24.5 Å². The van der Waals surface area contributed by atoms with Gasteiger partial charge < -0.3 is 9.84 Å². The van der Waals surface area contributed by atoms with Crippen molar-refractivity contribution >= 4 is 22.1 Å². The average molecular weight is 350 g/mol. The number of esters is 1. The molecular weight excluding hydrogens is 324 g/mol. The number of nitrogens with one attached hydrogen (secondary N) is 1. The summed E-state index contributed by atoms with van der Waals surface area (Å²) < 4.78 is 33.0.